The van der Waals surface area contributed by atoms with Crippen molar-refractivity contribution in [3.8, 4) is 22.9 Å². The van der Waals surface area contributed by atoms with E-state index in [9.17, 15) is 9.90 Å². The Balaban J connectivity index is 2.13. The summed E-state index contributed by atoms with van der Waals surface area (Å²) < 4.78 is 7.27. The second kappa shape index (κ2) is 6.32. The Kier molecular flexibility index (Phi) is 4.43. The first-order valence-corrected chi connectivity index (χ1v) is 8.33. The van der Waals surface area contributed by atoms with E-state index in [1.54, 1.807) is 6.07 Å². The molecular formula is C15H8I2N2O3. The molecule has 1 heterocycles. The summed E-state index contributed by atoms with van der Waals surface area (Å²) in [6.45, 7) is 0. The topological polar surface area (TPSA) is 76.2 Å². The Labute approximate surface area is 153 Å². The number of aromatic nitrogens is 2. The van der Waals surface area contributed by atoms with E-state index in [4.69, 9.17) is 4.42 Å². The Hall–Kier alpha value is -1.49. The number of halogens is 2. The highest BCUT2D eigenvalue weighted by Crippen LogP contribution is 2.32. The van der Waals surface area contributed by atoms with Gasteiger partial charge in [0.1, 0.15) is 0 Å². The molecule has 0 saturated carbocycles. The molecule has 0 radical (unpaired) electrons. The Morgan fingerprint density at radius 2 is 1.73 bits per heavy atom. The molecular weight excluding hydrogens is 510 g/mol. The van der Waals surface area contributed by atoms with E-state index >= 15 is 0 Å². The molecule has 0 aliphatic carbocycles. The number of hydrogen-bond donors (Lipinski definition) is 1. The molecule has 0 aliphatic rings. The van der Waals surface area contributed by atoms with Gasteiger partial charge in [-0.25, -0.2) is 4.79 Å². The standard InChI is InChI=1S/C15H8I2N2O3/c16-9-6-10(15(20)21)12(11(17)7-9)14-19-18-13(22-14)8-4-2-1-3-5-8/h1-7H,(H,20,21). The van der Waals surface area contributed by atoms with Crippen LogP contribution in [0.15, 0.2) is 46.9 Å². The molecule has 5 nitrogen and oxygen atoms in total. The van der Waals surface area contributed by atoms with Gasteiger partial charge in [0.25, 0.3) is 0 Å². The van der Waals surface area contributed by atoms with Crippen LogP contribution < -0.4 is 0 Å². The highest BCUT2D eigenvalue weighted by Gasteiger charge is 2.21. The van der Waals surface area contributed by atoms with Crippen LogP contribution in [0.4, 0.5) is 0 Å². The van der Waals surface area contributed by atoms with Crippen molar-refractivity contribution in [2.45, 2.75) is 0 Å². The van der Waals surface area contributed by atoms with Crippen molar-refractivity contribution in [1.29, 1.82) is 0 Å². The van der Waals surface area contributed by atoms with Crippen LogP contribution in [-0.2, 0) is 0 Å². The third-order valence-corrected chi connectivity index (χ3v) is 4.42. The van der Waals surface area contributed by atoms with E-state index in [1.165, 1.54) is 0 Å². The number of hydrogen-bond acceptors (Lipinski definition) is 4. The minimum absolute atomic E-state index is 0.152. The molecule has 0 bridgehead atoms. The van der Waals surface area contributed by atoms with E-state index < -0.39 is 5.97 Å². The summed E-state index contributed by atoms with van der Waals surface area (Å²) in [5, 5.41) is 17.4. The minimum atomic E-state index is -1.02. The number of rotatable bonds is 3. The fourth-order valence-electron chi connectivity index (χ4n) is 1.98. The Bertz CT molecular complexity index is 847. The zero-order chi connectivity index (χ0) is 15.7. The molecule has 0 amide bonds. The largest absolute Gasteiger partial charge is 0.478 e. The van der Waals surface area contributed by atoms with Gasteiger partial charge < -0.3 is 9.52 Å². The first-order valence-electron chi connectivity index (χ1n) is 6.18. The fourth-order valence-corrected chi connectivity index (χ4v) is 4.06. The second-order valence-electron chi connectivity index (χ2n) is 4.39. The molecule has 110 valence electrons. The summed E-state index contributed by atoms with van der Waals surface area (Å²) in [5.74, 6) is -0.454. The van der Waals surface area contributed by atoms with Gasteiger partial charge in [0.2, 0.25) is 11.8 Å². The maximum Gasteiger partial charge on any atom is 0.336 e. The van der Waals surface area contributed by atoms with E-state index in [0.29, 0.717) is 11.5 Å². The molecule has 0 spiro atoms. The molecule has 3 aromatic rings. The first-order chi connectivity index (χ1) is 10.6. The Morgan fingerprint density at radius 3 is 2.41 bits per heavy atom. The molecule has 0 unspecified atom stereocenters. The van der Waals surface area contributed by atoms with Gasteiger partial charge in [-0.05, 0) is 69.4 Å². The SMILES string of the molecule is O=C(O)c1cc(I)cc(I)c1-c1nnc(-c2ccccc2)o1. The van der Waals surface area contributed by atoms with Crippen LogP contribution in [0.2, 0.25) is 0 Å². The van der Waals surface area contributed by atoms with Crippen LogP contribution >= 0.6 is 45.2 Å². The molecule has 3 rings (SSSR count). The van der Waals surface area contributed by atoms with E-state index in [-0.39, 0.29) is 11.5 Å². The highest BCUT2D eigenvalue weighted by molar-refractivity contribution is 14.1. The summed E-state index contributed by atoms with van der Waals surface area (Å²) in [4.78, 5) is 11.5. The lowest BCUT2D eigenvalue weighted by molar-refractivity contribution is 0.0697. The molecule has 1 aromatic heterocycles. The minimum Gasteiger partial charge on any atom is -0.478 e. The molecule has 0 saturated heterocycles. The van der Waals surface area contributed by atoms with Gasteiger partial charge in [0.05, 0.1) is 11.1 Å². The lowest BCUT2D eigenvalue weighted by atomic mass is 10.1. The first kappa shape index (κ1) is 15.4. The lowest BCUT2D eigenvalue weighted by Gasteiger charge is -2.05. The number of aromatic carboxylic acids is 1. The van der Waals surface area contributed by atoms with Crippen LogP contribution in [0.3, 0.4) is 0 Å². The molecule has 0 fully saturated rings. The molecule has 22 heavy (non-hydrogen) atoms. The van der Waals surface area contributed by atoms with Gasteiger partial charge in [0.15, 0.2) is 0 Å². The van der Waals surface area contributed by atoms with Crippen molar-refractivity contribution in [2.75, 3.05) is 0 Å². The smallest absolute Gasteiger partial charge is 0.336 e. The lowest BCUT2D eigenvalue weighted by Crippen LogP contribution is -2.02. The zero-order valence-corrected chi connectivity index (χ0v) is 15.3. The van der Waals surface area contributed by atoms with Crippen LogP contribution in [0, 0.1) is 7.14 Å². The summed E-state index contributed by atoms with van der Waals surface area (Å²) in [6, 6.07) is 12.8. The second-order valence-corrected chi connectivity index (χ2v) is 6.80. The number of nitrogens with zero attached hydrogens (tertiary/aromatic N) is 2. The molecule has 2 aromatic carbocycles. The number of benzene rings is 2. The average Bonchev–Trinajstić information content (AvgIpc) is 2.96. The fraction of sp³-hybridized carbons (Fsp3) is 0. The number of carbonyl (C=O) groups is 1. The van der Waals surface area contributed by atoms with E-state index in [1.807, 2.05) is 36.4 Å². The van der Waals surface area contributed by atoms with Gasteiger partial charge in [-0.3, -0.25) is 0 Å². The van der Waals surface area contributed by atoms with Crippen molar-refractivity contribution in [3.63, 3.8) is 0 Å². The quantitative estimate of drug-likeness (QED) is 0.524. The van der Waals surface area contributed by atoms with Gasteiger partial charge in [-0.15, -0.1) is 10.2 Å². The van der Waals surface area contributed by atoms with E-state index in [2.05, 4.69) is 55.4 Å². The Morgan fingerprint density at radius 1 is 1.05 bits per heavy atom. The maximum absolute atomic E-state index is 11.5. The number of carboxylic acids is 1. The van der Waals surface area contributed by atoms with Crippen molar-refractivity contribution in [1.82, 2.24) is 10.2 Å². The van der Waals surface area contributed by atoms with Crippen LogP contribution in [0.1, 0.15) is 10.4 Å². The van der Waals surface area contributed by atoms with Crippen LogP contribution in [0.5, 0.6) is 0 Å². The van der Waals surface area contributed by atoms with Crippen LogP contribution in [-0.4, -0.2) is 21.3 Å². The summed E-state index contributed by atoms with van der Waals surface area (Å²) >= 11 is 4.16. The highest BCUT2D eigenvalue weighted by atomic mass is 127. The van der Waals surface area contributed by atoms with Gasteiger partial charge in [-0.1, -0.05) is 18.2 Å². The third kappa shape index (κ3) is 3.00. The third-order valence-electron chi connectivity index (χ3n) is 2.95. The zero-order valence-electron chi connectivity index (χ0n) is 11.0. The average molecular weight is 518 g/mol. The van der Waals surface area contributed by atoms with Crippen molar-refractivity contribution < 1.29 is 14.3 Å². The predicted octanol–water partition coefficient (Wildman–Crippen LogP) is 4.31. The summed E-state index contributed by atoms with van der Waals surface area (Å²) in [7, 11) is 0. The maximum atomic E-state index is 11.5. The van der Waals surface area contributed by atoms with Gasteiger partial charge >= 0.3 is 5.97 Å². The summed E-state index contributed by atoms with van der Waals surface area (Å²) in [5.41, 5.74) is 1.39. The van der Waals surface area contributed by atoms with E-state index in [0.717, 1.165) is 12.7 Å². The normalized spacial score (nSPS) is 10.6. The molecule has 0 aliphatic heterocycles. The number of carboxylic acid groups (broad SMARTS) is 1. The van der Waals surface area contributed by atoms with Gasteiger partial charge in [0, 0.05) is 12.7 Å². The van der Waals surface area contributed by atoms with Crippen molar-refractivity contribution in [2.24, 2.45) is 0 Å². The monoisotopic (exact) mass is 518 g/mol. The predicted molar refractivity (Wildman–Crippen MR) is 97.6 cm³/mol. The summed E-state index contributed by atoms with van der Waals surface area (Å²) in [6.07, 6.45) is 0. The van der Waals surface area contributed by atoms with Crippen molar-refractivity contribution >= 4 is 51.2 Å². The van der Waals surface area contributed by atoms with Crippen molar-refractivity contribution in [3.05, 3.63) is 55.2 Å². The molecule has 7 heteroatoms. The molecule has 0 atom stereocenters. The van der Waals surface area contributed by atoms with Gasteiger partial charge in [-0.2, -0.15) is 0 Å². The molecule has 1 N–H and O–H groups in total. The van der Waals surface area contributed by atoms with Crippen LogP contribution in [0.25, 0.3) is 22.9 Å².